The number of aromatic hydroxyl groups is 1. The highest BCUT2D eigenvalue weighted by Gasteiger charge is 2.19. The molecule has 3 N–H and O–H groups in total. The van der Waals surface area contributed by atoms with Crippen LogP contribution in [0, 0.1) is 0 Å². The molecule has 1 aromatic heterocycles. The van der Waals surface area contributed by atoms with E-state index in [1.807, 2.05) is 6.07 Å². The number of benzene rings is 1. The highest BCUT2D eigenvalue weighted by atomic mass is 35.5. The van der Waals surface area contributed by atoms with E-state index in [1.54, 1.807) is 18.2 Å². The second-order valence-electron chi connectivity index (χ2n) is 4.58. The first-order valence-corrected chi connectivity index (χ1v) is 6.49. The molecule has 0 atom stereocenters. The monoisotopic (exact) mass is 289 g/mol. The van der Waals surface area contributed by atoms with Gasteiger partial charge in [-0.25, -0.2) is 0 Å². The van der Waals surface area contributed by atoms with Crippen molar-refractivity contribution in [1.29, 1.82) is 0 Å². The van der Waals surface area contributed by atoms with E-state index in [0.29, 0.717) is 18.0 Å². The van der Waals surface area contributed by atoms with Gasteiger partial charge in [-0.2, -0.15) is 0 Å². The largest absolute Gasteiger partial charge is 0.506 e. The van der Waals surface area contributed by atoms with Gasteiger partial charge in [0.2, 0.25) is 5.91 Å². The fourth-order valence-corrected chi connectivity index (χ4v) is 2.32. The van der Waals surface area contributed by atoms with Crippen LogP contribution < -0.4 is 10.6 Å². The molecule has 102 valence electrons. The molecular weight excluding hydrogens is 278 g/mol. The second kappa shape index (κ2) is 5.02. The zero-order valence-electron chi connectivity index (χ0n) is 10.5. The highest BCUT2D eigenvalue weighted by molar-refractivity contribution is 6.33. The number of hydrogen-bond donors (Lipinski definition) is 3. The average molecular weight is 290 g/mol. The van der Waals surface area contributed by atoms with E-state index in [2.05, 4.69) is 15.6 Å². The van der Waals surface area contributed by atoms with Crippen molar-refractivity contribution in [2.24, 2.45) is 0 Å². The van der Waals surface area contributed by atoms with Crippen LogP contribution in [0.5, 0.6) is 5.75 Å². The predicted octanol–water partition coefficient (Wildman–Crippen LogP) is 2.55. The van der Waals surface area contributed by atoms with Gasteiger partial charge in [0, 0.05) is 5.69 Å². The van der Waals surface area contributed by atoms with Crippen LogP contribution in [0.4, 0.5) is 11.4 Å². The molecule has 2 aromatic rings. The van der Waals surface area contributed by atoms with Crippen molar-refractivity contribution in [3.63, 3.8) is 0 Å². The van der Waals surface area contributed by atoms with Crippen molar-refractivity contribution in [3.05, 3.63) is 46.7 Å². The number of hydrogen-bond acceptors (Lipinski definition) is 4. The van der Waals surface area contributed by atoms with E-state index in [9.17, 15) is 9.90 Å². The van der Waals surface area contributed by atoms with Gasteiger partial charge < -0.3 is 15.7 Å². The fourth-order valence-electron chi connectivity index (χ4n) is 2.09. The summed E-state index contributed by atoms with van der Waals surface area (Å²) in [6.07, 6.45) is 1.77. The summed E-state index contributed by atoms with van der Waals surface area (Å²) in [5.41, 5.74) is 3.25. The Morgan fingerprint density at radius 2 is 2.25 bits per heavy atom. The van der Waals surface area contributed by atoms with Crippen molar-refractivity contribution in [2.45, 2.75) is 13.0 Å². The summed E-state index contributed by atoms with van der Waals surface area (Å²) in [6.45, 7) is 0.486. The van der Waals surface area contributed by atoms with Crippen LogP contribution in [0.2, 0.25) is 5.02 Å². The van der Waals surface area contributed by atoms with Gasteiger partial charge in [-0.15, -0.1) is 0 Å². The molecule has 0 fully saturated rings. The van der Waals surface area contributed by atoms with E-state index in [4.69, 9.17) is 11.6 Å². The van der Waals surface area contributed by atoms with Gasteiger partial charge in [-0.1, -0.05) is 11.6 Å². The van der Waals surface area contributed by atoms with Crippen LogP contribution >= 0.6 is 11.6 Å². The minimum absolute atomic E-state index is 0.0200. The van der Waals surface area contributed by atoms with Gasteiger partial charge in [0.15, 0.2) is 0 Å². The zero-order valence-corrected chi connectivity index (χ0v) is 11.2. The van der Waals surface area contributed by atoms with Crippen molar-refractivity contribution in [2.75, 3.05) is 10.6 Å². The first-order chi connectivity index (χ1) is 9.61. The Balaban J connectivity index is 1.76. The van der Waals surface area contributed by atoms with Gasteiger partial charge in [0.05, 0.1) is 35.6 Å². The SMILES string of the molecule is O=C1Cc2cc(NCc3ccc(O)cn3)c(Cl)cc2N1. The van der Waals surface area contributed by atoms with Crippen LogP contribution in [-0.2, 0) is 17.8 Å². The zero-order chi connectivity index (χ0) is 14.1. The molecule has 0 saturated carbocycles. The van der Waals surface area contributed by atoms with Crippen molar-refractivity contribution >= 4 is 28.9 Å². The molecule has 0 radical (unpaired) electrons. The van der Waals surface area contributed by atoms with Gasteiger partial charge in [-0.05, 0) is 29.8 Å². The lowest BCUT2D eigenvalue weighted by molar-refractivity contribution is -0.115. The van der Waals surface area contributed by atoms with Crippen LogP contribution in [0.25, 0.3) is 0 Å². The minimum atomic E-state index is -0.0200. The maximum Gasteiger partial charge on any atom is 0.228 e. The molecule has 2 heterocycles. The molecule has 0 unspecified atom stereocenters. The van der Waals surface area contributed by atoms with Crippen LogP contribution in [0.15, 0.2) is 30.5 Å². The third-order valence-electron chi connectivity index (χ3n) is 3.09. The number of rotatable bonds is 3. The number of aromatic nitrogens is 1. The smallest absolute Gasteiger partial charge is 0.228 e. The normalized spacial score (nSPS) is 12.9. The average Bonchev–Trinajstić information content (AvgIpc) is 2.77. The van der Waals surface area contributed by atoms with E-state index in [0.717, 1.165) is 22.6 Å². The summed E-state index contributed by atoms with van der Waals surface area (Å²) in [6, 6.07) is 6.93. The van der Waals surface area contributed by atoms with Gasteiger partial charge >= 0.3 is 0 Å². The molecule has 1 aliphatic heterocycles. The lowest BCUT2D eigenvalue weighted by Crippen LogP contribution is -2.03. The number of nitrogens with one attached hydrogen (secondary N) is 2. The minimum Gasteiger partial charge on any atom is -0.506 e. The number of anilines is 2. The Labute approximate surface area is 120 Å². The Hall–Kier alpha value is -2.27. The molecule has 1 aliphatic rings. The first kappa shape index (κ1) is 12.7. The van der Waals surface area contributed by atoms with Gasteiger partial charge in [0.25, 0.3) is 0 Å². The maximum atomic E-state index is 11.3. The Bertz CT molecular complexity index is 671. The van der Waals surface area contributed by atoms with Crippen LogP contribution in [-0.4, -0.2) is 16.0 Å². The first-order valence-electron chi connectivity index (χ1n) is 6.12. The lowest BCUT2D eigenvalue weighted by Gasteiger charge is -2.10. The number of carbonyl (C=O) groups is 1. The molecule has 0 bridgehead atoms. The molecule has 1 amide bonds. The Morgan fingerprint density at radius 3 is 3.00 bits per heavy atom. The topological polar surface area (TPSA) is 74.2 Å². The second-order valence-corrected chi connectivity index (χ2v) is 4.98. The van der Waals surface area contributed by atoms with E-state index < -0.39 is 0 Å². The summed E-state index contributed by atoms with van der Waals surface area (Å²) in [5.74, 6) is 0.113. The number of halogens is 1. The molecule has 3 rings (SSSR count). The number of fused-ring (bicyclic) bond motifs is 1. The number of amides is 1. The van der Waals surface area contributed by atoms with Crippen molar-refractivity contribution in [3.8, 4) is 5.75 Å². The standard InChI is InChI=1S/C14H12ClN3O2/c15-11-5-12-8(4-14(20)18-12)3-13(11)17-6-9-1-2-10(19)7-16-9/h1-3,5,7,17,19H,4,6H2,(H,18,20). The summed E-state index contributed by atoms with van der Waals surface area (Å²) in [4.78, 5) is 15.4. The summed E-state index contributed by atoms with van der Waals surface area (Å²) in [7, 11) is 0. The molecule has 0 aliphatic carbocycles. The molecule has 0 saturated heterocycles. The number of carbonyl (C=O) groups excluding carboxylic acids is 1. The molecule has 6 heteroatoms. The Morgan fingerprint density at radius 1 is 1.40 bits per heavy atom. The molecular formula is C14H12ClN3O2. The van der Waals surface area contributed by atoms with Crippen molar-refractivity contribution < 1.29 is 9.90 Å². The van der Waals surface area contributed by atoms with Gasteiger partial charge in [-0.3, -0.25) is 9.78 Å². The maximum absolute atomic E-state index is 11.3. The van der Waals surface area contributed by atoms with E-state index in [1.165, 1.54) is 6.20 Å². The number of nitrogens with zero attached hydrogens (tertiary/aromatic N) is 1. The highest BCUT2D eigenvalue weighted by Crippen LogP contribution is 2.33. The van der Waals surface area contributed by atoms with E-state index in [-0.39, 0.29) is 11.7 Å². The fraction of sp³-hybridized carbons (Fsp3) is 0.143. The third-order valence-corrected chi connectivity index (χ3v) is 3.40. The quantitative estimate of drug-likeness (QED) is 0.812. The molecule has 5 nitrogen and oxygen atoms in total. The summed E-state index contributed by atoms with van der Waals surface area (Å²) in [5, 5.41) is 15.7. The van der Waals surface area contributed by atoms with Crippen LogP contribution in [0.1, 0.15) is 11.3 Å². The van der Waals surface area contributed by atoms with Crippen LogP contribution in [0.3, 0.4) is 0 Å². The molecule has 0 spiro atoms. The summed E-state index contributed by atoms with van der Waals surface area (Å²) < 4.78 is 0. The third kappa shape index (κ3) is 2.53. The number of pyridine rings is 1. The van der Waals surface area contributed by atoms with Crippen molar-refractivity contribution in [1.82, 2.24) is 4.98 Å². The van der Waals surface area contributed by atoms with Gasteiger partial charge in [0.1, 0.15) is 5.75 Å². The molecule has 1 aromatic carbocycles. The predicted molar refractivity (Wildman–Crippen MR) is 77.0 cm³/mol. The summed E-state index contributed by atoms with van der Waals surface area (Å²) >= 11 is 6.17. The Kier molecular flexibility index (Phi) is 3.20. The lowest BCUT2D eigenvalue weighted by atomic mass is 10.1. The molecule has 20 heavy (non-hydrogen) atoms. The van der Waals surface area contributed by atoms with E-state index >= 15 is 0 Å².